The highest BCUT2D eigenvalue weighted by molar-refractivity contribution is 6.31. The topological polar surface area (TPSA) is 95.2 Å². The van der Waals surface area contributed by atoms with E-state index in [2.05, 4.69) is 10.3 Å². The molecule has 0 unspecified atom stereocenters. The van der Waals surface area contributed by atoms with Gasteiger partial charge >= 0.3 is 5.69 Å². The molecule has 1 N–H and O–H groups in total. The first kappa shape index (κ1) is 17.7. The van der Waals surface area contributed by atoms with E-state index in [0.717, 1.165) is 4.57 Å². The Bertz CT molecular complexity index is 1150. The largest absolute Gasteiger partial charge is 0.495 e. The average Bonchev–Trinajstić information content (AvgIpc) is 2.64. The molecule has 9 heteroatoms. The van der Waals surface area contributed by atoms with E-state index >= 15 is 0 Å². The van der Waals surface area contributed by atoms with E-state index in [4.69, 9.17) is 16.3 Å². The Morgan fingerprint density at radius 1 is 1.15 bits per heavy atom. The number of ether oxygens (including phenoxy) is 1. The van der Waals surface area contributed by atoms with E-state index in [1.54, 1.807) is 18.2 Å². The van der Waals surface area contributed by atoms with Gasteiger partial charge in [0.1, 0.15) is 17.1 Å². The molecule has 2 heterocycles. The number of amides is 1. The van der Waals surface area contributed by atoms with Gasteiger partial charge in [-0.3, -0.25) is 18.7 Å². The van der Waals surface area contributed by atoms with Crippen molar-refractivity contribution in [2.75, 3.05) is 12.4 Å². The fourth-order valence-corrected chi connectivity index (χ4v) is 2.72. The number of anilines is 1. The number of halogens is 1. The van der Waals surface area contributed by atoms with Crippen molar-refractivity contribution in [3.8, 4) is 5.75 Å². The molecule has 0 aliphatic heterocycles. The molecule has 0 aliphatic rings. The molecule has 0 radical (unpaired) electrons. The first-order valence-corrected chi connectivity index (χ1v) is 7.93. The van der Waals surface area contributed by atoms with Crippen LogP contribution in [0.25, 0.3) is 11.0 Å². The number of pyridine rings is 1. The molecule has 0 fully saturated rings. The van der Waals surface area contributed by atoms with Gasteiger partial charge in [-0.05, 0) is 30.3 Å². The summed E-state index contributed by atoms with van der Waals surface area (Å²) in [7, 11) is 4.34. The predicted octanol–water partition coefficient (Wildman–Crippen LogP) is 1.55. The van der Waals surface area contributed by atoms with E-state index in [-0.39, 0.29) is 16.7 Å². The van der Waals surface area contributed by atoms with E-state index in [1.165, 1.54) is 37.9 Å². The third-order valence-electron chi connectivity index (χ3n) is 3.94. The quantitative estimate of drug-likeness (QED) is 0.750. The summed E-state index contributed by atoms with van der Waals surface area (Å²) in [6.07, 6.45) is 0. The van der Waals surface area contributed by atoms with Gasteiger partial charge < -0.3 is 10.1 Å². The van der Waals surface area contributed by atoms with Crippen LogP contribution in [0, 0.1) is 0 Å². The maximum absolute atomic E-state index is 12.5. The van der Waals surface area contributed by atoms with Gasteiger partial charge in [-0.25, -0.2) is 9.78 Å². The number of nitrogens with one attached hydrogen (secondary N) is 1. The third kappa shape index (κ3) is 2.95. The zero-order valence-corrected chi connectivity index (χ0v) is 15.0. The van der Waals surface area contributed by atoms with Gasteiger partial charge in [0.15, 0.2) is 0 Å². The van der Waals surface area contributed by atoms with Gasteiger partial charge in [0.25, 0.3) is 11.5 Å². The van der Waals surface area contributed by atoms with Crippen molar-refractivity contribution in [1.29, 1.82) is 0 Å². The van der Waals surface area contributed by atoms with Gasteiger partial charge in [-0.2, -0.15) is 0 Å². The van der Waals surface area contributed by atoms with Gasteiger partial charge in [0.2, 0.25) is 0 Å². The van der Waals surface area contributed by atoms with Gasteiger partial charge in [-0.1, -0.05) is 11.6 Å². The molecule has 2 aromatic heterocycles. The Hall–Kier alpha value is -3.13. The van der Waals surface area contributed by atoms with Crippen LogP contribution in [-0.4, -0.2) is 27.1 Å². The Morgan fingerprint density at radius 2 is 1.88 bits per heavy atom. The number of fused-ring (bicyclic) bond motifs is 1. The Morgan fingerprint density at radius 3 is 2.58 bits per heavy atom. The highest BCUT2D eigenvalue weighted by Crippen LogP contribution is 2.28. The normalized spacial score (nSPS) is 10.8. The lowest BCUT2D eigenvalue weighted by molar-refractivity contribution is 0.102. The summed E-state index contributed by atoms with van der Waals surface area (Å²) in [6.45, 7) is 0. The van der Waals surface area contributed by atoms with Crippen molar-refractivity contribution in [1.82, 2.24) is 14.1 Å². The molecule has 3 aromatic rings. The summed E-state index contributed by atoms with van der Waals surface area (Å²) in [5.74, 6) is -0.0922. The number of aryl methyl sites for hydroxylation is 1. The summed E-state index contributed by atoms with van der Waals surface area (Å²) in [5.41, 5.74) is -0.445. The minimum atomic E-state index is -0.527. The van der Waals surface area contributed by atoms with Crippen molar-refractivity contribution < 1.29 is 9.53 Å². The molecule has 0 saturated carbocycles. The van der Waals surface area contributed by atoms with E-state index in [9.17, 15) is 14.4 Å². The lowest BCUT2D eigenvalue weighted by atomic mass is 10.2. The summed E-state index contributed by atoms with van der Waals surface area (Å²) in [6, 6.07) is 7.69. The molecule has 8 nitrogen and oxygen atoms in total. The number of nitrogens with zero attached hydrogens (tertiary/aromatic N) is 3. The van der Waals surface area contributed by atoms with Crippen LogP contribution >= 0.6 is 11.6 Å². The van der Waals surface area contributed by atoms with E-state index < -0.39 is 17.2 Å². The number of carbonyl (C=O) groups excluding carboxylic acids is 1. The van der Waals surface area contributed by atoms with E-state index in [0.29, 0.717) is 16.5 Å². The summed E-state index contributed by atoms with van der Waals surface area (Å²) < 4.78 is 7.39. The van der Waals surface area contributed by atoms with Crippen LogP contribution in [-0.2, 0) is 14.1 Å². The predicted molar refractivity (Wildman–Crippen MR) is 98.2 cm³/mol. The van der Waals surface area contributed by atoms with Crippen molar-refractivity contribution >= 4 is 34.2 Å². The summed E-state index contributed by atoms with van der Waals surface area (Å²) >= 11 is 5.95. The molecule has 0 bridgehead atoms. The van der Waals surface area contributed by atoms with Crippen LogP contribution in [0.2, 0.25) is 5.02 Å². The second-order valence-corrected chi connectivity index (χ2v) is 6.01. The molecule has 0 spiro atoms. The fourth-order valence-electron chi connectivity index (χ4n) is 2.54. The lowest BCUT2D eigenvalue weighted by Gasteiger charge is -2.11. The zero-order chi connectivity index (χ0) is 19.0. The minimum absolute atomic E-state index is 0.0442. The van der Waals surface area contributed by atoms with Crippen LogP contribution in [0.1, 0.15) is 10.5 Å². The third-order valence-corrected chi connectivity index (χ3v) is 4.18. The molecule has 1 amide bonds. The van der Waals surface area contributed by atoms with Crippen LogP contribution in [0.3, 0.4) is 0 Å². The number of benzene rings is 1. The minimum Gasteiger partial charge on any atom is -0.495 e. The number of rotatable bonds is 3. The summed E-state index contributed by atoms with van der Waals surface area (Å²) in [4.78, 5) is 40.9. The maximum atomic E-state index is 12.5. The monoisotopic (exact) mass is 374 g/mol. The van der Waals surface area contributed by atoms with Crippen molar-refractivity contribution in [3.05, 3.63) is 61.9 Å². The number of carbonyl (C=O) groups is 1. The Kier molecular flexibility index (Phi) is 4.52. The SMILES string of the molecule is COc1ccc(Cl)cc1NC(=O)c1ccc2c(=O)n(C)c(=O)n(C)c2n1. The molecule has 134 valence electrons. The number of methoxy groups -OCH3 is 1. The first-order valence-electron chi connectivity index (χ1n) is 7.55. The Balaban J connectivity index is 2.06. The molecular weight excluding hydrogens is 360 g/mol. The highest BCUT2D eigenvalue weighted by atomic mass is 35.5. The van der Waals surface area contributed by atoms with Gasteiger partial charge in [0.05, 0.1) is 18.2 Å². The second kappa shape index (κ2) is 6.64. The first-order chi connectivity index (χ1) is 12.3. The average molecular weight is 375 g/mol. The number of hydrogen-bond donors (Lipinski definition) is 1. The molecule has 0 aliphatic carbocycles. The number of hydrogen-bond acceptors (Lipinski definition) is 5. The standard InChI is InChI=1S/C17H15ClN4O4/c1-21-14-10(16(24)22(2)17(21)25)5-6-11(19-14)15(23)20-12-8-9(18)4-7-13(12)26-3/h4-8H,1-3H3,(H,20,23). The Labute approximate surface area is 152 Å². The zero-order valence-electron chi connectivity index (χ0n) is 14.2. The van der Waals surface area contributed by atoms with Gasteiger partial charge in [0, 0.05) is 19.1 Å². The fraction of sp³-hybridized carbons (Fsp3) is 0.176. The van der Waals surface area contributed by atoms with Crippen molar-refractivity contribution in [2.24, 2.45) is 14.1 Å². The summed E-state index contributed by atoms with van der Waals surface area (Å²) in [5, 5.41) is 3.33. The smallest absolute Gasteiger partial charge is 0.332 e. The molecule has 0 saturated heterocycles. The molecule has 1 aromatic carbocycles. The second-order valence-electron chi connectivity index (χ2n) is 5.57. The van der Waals surface area contributed by atoms with Crippen LogP contribution in [0.5, 0.6) is 5.75 Å². The van der Waals surface area contributed by atoms with Crippen LogP contribution in [0.15, 0.2) is 39.9 Å². The van der Waals surface area contributed by atoms with Gasteiger partial charge in [-0.15, -0.1) is 0 Å². The van der Waals surface area contributed by atoms with Crippen LogP contribution in [0.4, 0.5) is 5.69 Å². The molecule has 3 rings (SSSR count). The lowest BCUT2D eigenvalue weighted by Crippen LogP contribution is -2.37. The highest BCUT2D eigenvalue weighted by Gasteiger charge is 2.15. The maximum Gasteiger partial charge on any atom is 0.332 e. The number of aromatic nitrogens is 3. The molecule has 0 atom stereocenters. The molecular formula is C17H15ClN4O4. The van der Waals surface area contributed by atoms with E-state index in [1.807, 2.05) is 0 Å². The molecule has 26 heavy (non-hydrogen) atoms. The van der Waals surface area contributed by atoms with Crippen LogP contribution < -0.4 is 21.3 Å². The van der Waals surface area contributed by atoms with Crippen molar-refractivity contribution in [2.45, 2.75) is 0 Å². The van der Waals surface area contributed by atoms with Crippen molar-refractivity contribution in [3.63, 3.8) is 0 Å².